The Morgan fingerprint density at radius 3 is 2.43 bits per heavy atom. The molecule has 0 atom stereocenters. The van der Waals surface area contributed by atoms with Gasteiger partial charge in [0.05, 0.1) is 13.2 Å². The second kappa shape index (κ2) is 4.53. The SMILES string of the molecule is OC1(c2cc3cc(F)ccc3o2)CCC2(CC1)OCCO2. The first-order chi connectivity index (χ1) is 10.1. The molecule has 2 heterocycles. The standard InChI is InChI=1S/C16H17FO4/c17-12-1-2-13-11(9-12)10-14(21-13)15(18)3-5-16(6-4-15)19-7-8-20-16/h1-2,9-10,18H,3-8H2. The van der Waals surface area contributed by atoms with Crippen LogP contribution in [0.5, 0.6) is 0 Å². The summed E-state index contributed by atoms with van der Waals surface area (Å²) in [7, 11) is 0. The molecule has 1 spiro atoms. The molecule has 2 aromatic rings. The third-order valence-corrected chi connectivity index (χ3v) is 4.59. The zero-order valence-corrected chi connectivity index (χ0v) is 11.6. The van der Waals surface area contributed by atoms with Gasteiger partial charge in [-0.15, -0.1) is 0 Å². The molecule has 2 fully saturated rings. The Bertz CT molecular complexity index is 662. The summed E-state index contributed by atoms with van der Waals surface area (Å²) in [5.41, 5.74) is -0.441. The third-order valence-electron chi connectivity index (χ3n) is 4.59. The molecule has 21 heavy (non-hydrogen) atoms. The van der Waals surface area contributed by atoms with Crippen LogP contribution in [0.3, 0.4) is 0 Å². The molecule has 2 aliphatic rings. The van der Waals surface area contributed by atoms with Gasteiger partial charge in [-0.1, -0.05) is 0 Å². The molecule has 5 heteroatoms. The zero-order chi connectivity index (χ0) is 14.5. The fourth-order valence-electron chi connectivity index (χ4n) is 3.32. The normalized spacial score (nSPS) is 23.9. The lowest BCUT2D eigenvalue weighted by Crippen LogP contribution is -2.41. The van der Waals surface area contributed by atoms with E-state index in [-0.39, 0.29) is 5.82 Å². The first-order valence-electron chi connectivity index (χ1n) is 7.29. The van der Waals surface area contributed by atoms with Crippen molar-refractivity contribution in [2.45, 2.75) is 37.1 Å². The fourth-order valence-corrected chi connectivity index (χ4v) is 3.32. The van der Waals surface area contributed by atoms with Crippen molar-refractivity contribution in [2.75, 3.05) is 13.2 Å². The maximum absolute atomic E-state index is 13.2. The number of ether oxygens (including phenoxy) is 2. The largest absolute Gasteiger partial charge is 0.458 e. The van der Waals surface area contributed by atoms with E-state index in [1.165, 1.54) is 12.1 Å². The Balaban J connectivity index is 1.62. The minimum Gasteiger partial charge on any atom is -0.458 e. The van der Waals surface area contributed by atoms with E-state index in [4.69, 9.17) is 13.9 Å². The van der Waals surface area contributed by atoms with Crippen LogP contribution in [0.2, 0.25) is 0 Å². The van der Waals surface area contributed by atoms with Crippen molar-refractivity contribution in [1.82, 2.24) is 0 Å². The average Bonchev–Trinajstić information content (AvgIpc) is 3.10. The summed E-state index contributed by atoms with van der Waals surface area (Å²) in [5.74, 6) is -0.335. The van der Waals surface area contributed by atoms with E-state index >= 15 is 0 Å². The molecule has 112 valence electrons. The lowest BCUT2D eigenvalue weighted by Gasteiger charge is -2.39. The number of halogens is 1. The van der Waals surface area contributed by atoms with E-state index in [0.717, 1.165) is 0 Å². The van der Waals surface area contributed by atoms with E-state index in [9.17, 15) is 9.50 Å². The summed E-state index contributed by atoms with van der Waals surface area (Å²) in [6.07, 6.45) is 2.29. The highest BCUT2D eigenvalue weighted by molar-refractivity contribution is 5.78. The molecule has 1 saturated heterocycles. The van der Waals surface area contributed by atoms with Gasteiger partial charge in [0.15, 0.2) is 5.79 Å². The summed E-state index contributed by atoms with van der Waals surface area (Å²) in [6.45, 7) is 1.23. The van der Waals surface area contributed by atoms with Crippen LogP contribution in [0.1, 0.15) is 31.4 Å². The predicted octanol–water partition coefficient (Wildman–Crippen LogP) is 3.08. The molecular weight excluding hydrogens is 275 g/mol. The minimum absolute atomic E-state index is 0.308. The molecule has 1 aromatic carbocycles. The summed E-state index contributed by atoms with van der Waals surface area (Å²) in [5, 5.41) is 11.5. The summed E-state index contributed by atoms with van der Waals surface area (Å²) < 4.78 is 30.3. The van der Waals surface area contributed by atoms with Crippen molar-refractivity contribution in [3.8, 4) is 0 Å². The molecule has 1 aromatic heterocycles. The van der Waals surface area contributed by atoms with Gasteiger partial charge in [0.1, 0.15) is 22.8 Å². The van der Waals surface area contributed by atoms with Crippen LogP contribution in [0.15, 0.2) is 28.7 Å². The van der Waals surface area contributed by atoms with Crippen LogP contribution in [-0.2, 0) is 15.1 Å². The van der Waals surface area contributed by atoms with Crippen molar-refractivity contribution in [2.24, 2.45) is 0 Å². The molecule has 4 rings (SSSR count). The van der Waals surface area contributed by atoms with Crippen molar-refractivity contribution < 1.29 is 23.4 Å². The van der Waals surface area contributed by atoms with E-state index in [1.807, 2.05) is 0 Å². The zero-order valence-electron chi connectivity index (χ0n) is 11.6. The first kappa shape index (κ1) is 13.2. The van der Waals surface area contributed by atoms with Crippen LogP contribution in [0, 0.1) is 5.82 Å². The minimum atomic E-state index is -1.03. The van der Waals surface area contributed by atoms with Crippen LogP contribution in [-0.4, -0.2) is 24.1 Å². The molecule has 1 aliphatic carbocycles. The highest BCUT2D eigenvalue weighted by Gasteiger charge is 2.47. The first-order valence-corrected chi connectivity index (χ1v) is 7.29. The molecule has 1 N–H and O–H groups in total. The molecule has 4 nitrogen and oxygen atoms in total. The maximum atomic E-state index is 13.2. The van der Waals surface area contributed by atoms with Gasteiger partial charge in [0.2, 0.25) is 0 Å². The number of aliphatic hydroxyl groups is 1. The summed E-state index contributed by atoms with van der Waals surface area (Å²) in [4.78, 5) is 0. The number of fused-ring (bicyclic) bond motifs is 1. The fraction of sp³-hybridized carbons (Fsp3) is 0.500. The van der Waals surface area contributed by atoms with E-state index in [0.29, 0.717) is 55.6 Å². The van der Waals surface area contributed by atoms with Gasteiger partial charge in [0, 0.05) is 18.2 Å². The highest BCUT2D eigenvalue weighted by atomic mass is 19.1. The topological polar surface area (TPSA) is 51.8 Å². The Morgan fingerprint density at radius 1 is 1.00 bits per heavy atom. The van der Waals surface area contributed by atoms with E-state index in [1.54, 1.807) is 12.1 Å². The lowest BCUT2D eigenvalue weighted by molar-refractivity contribution is -0.206. The Labute approximate surface area is 121 Å². The number of furan rings is 1. The van der Waals surface area contributed by atoms with Gasteiger partial charge in [-0.2, -0.15) is 0 Å². The van der Waals surface area contributed by atoms with Crippen molar-refractivity contribution in [3.05, 3.63) is 35.8 Å². The lowest BCUT2D eigenvalue weighted by atomic mass is 9.80. The Morgan fingerprint density at radius 2 is 1.71 bits per heavy atom. The molecule has 0 bridgehead atoms. The highest BCUT2D eigenvalue weighted by Crippen LogP contribution is 2.45. The van der Waals surface area contributed by atoms with Crippen LogP contribution < -0.4 is 0 Å². The van der Waals surface area contributed by atoms with E-state index < -0.39 is 11.4 Å². The molecular formula is C16H17FO4. The van der Waals surface area contributed by atoms with Crippen LogP contribution >= 0.6 is 0 Å². The van der Waals surface area contributed by atoms with Crippen molar-refractivity contribution >= 4 is 11.0 Å². The molecule has 1 saturated carbocycles. The molecule has 0 radical (unpaired) electrons. The Kier molecular flexibility index (Phi) is 2.86. The predicted molar refractivity (Wildman–Crippen MR) is 73.2 cm³/mol. The Hall–Kier alpha value is -1.43. The van der Waals surface area contributed by atoms with Crippen LogP contribution in [0.25, 0.3) is 11.0 Å². The van der Waals surface area contributed by atoms with Crippen molar-refractivity contribution in [3.63, 3.8) is 0 Å². The second-order valence-corrected chi connectivity index (χ2v) is 5.93. The molecule has 0 unspecified atom stereocenters. The monoisotopic (exact) mass is 292 g/mol. The molecule has 0 amide bonds. The quantitative estimate of drug-likeness (QED) is 0.877. The van der Waals surface area contributed by atoms with Gasteiger partial charge >= 0.3 is 0 Å². The average molecular weight is 292 g/mol. The smallest absolute Gasteiger partial charge is 0.168 e. The summed E-state index contributed by atoms with van der Waals surface area (Å²) in [6, 6.07) is 6.09. The van der Waals surface area contributed by atoms with E-state index in [2.05, 4.69) is 0 Å². The van der Waals surface area contributed by atoms with Gasteiger partial charge in [-0.05, 0) is 37.1 Å². The molecule has 1 aliphatic heterocycles. The van der Waals surface area contributed by atoms with Gasteiger partial charge in [-0.25, -0.2) is 4.39 Å². The van der Waals surface area contributed by atoms with Gasteiger partial charge in [-0.3, -0.25) is 0 Å². The number of hydrogen-bond donors (Lipinski definition) is 1. The number of rotatable bonds is 1. The van der Waals surface area contributed by atoms with Crippen LogP contribution in [0.4, 0.5) is 4.39 Å². The maximum Gasteiger partial charge on any atom is 0.168 e. The van der Waals surface area contributed by atoms with Gasteiger partial charge < -0.3 is 19.0 Å². The second-order valence-electron chi connectivity index (χ2n) is 5.93. The van der Waals surface area contributed by atoms with Crippen molar-refractivity contribution in [1.29, 1.82) is 0 Å². The van der Waals surface area contributed by atoms with Gasteiger partial charge in [0.25, 0.3) is 0 Å². The third kappa shape index (κ3) is 2.16. The number of hydrogen-bond acceptors (Lipinski definition) is 4. The summed E-state index contributed by atoms with van der Waals surface area (Å²) >= 11 is 0. The number of benzene rings is 1.